The molecule has 1 atom stereocenters. The highest BCUT2D eigenvalue weighted by atomic mass is 16.5. The molecular weight excluding hydrogens is 480 g/mol. The summed E-state index contributed by atoms with van der Waals surface area (Å²) in [5, 5.41) is 12.8. The molecule has 0 unspecified atom stereocenters. The third-order valence-corrected chi connectivity index (χ3v) is 5.35. The monoisotopic (exact) mass is 510 g/mol. The zero-order valence-corrected chi connectivity index (χ0v) is 21.6. The lowest BCUT2D eigenvalue weighted by atomic mass is 9.97. The first-order chi connectivity index (χ1) is 17.4. The molecule has 2 N–H and O–H groups in total. The number of ketones is 1. The molecule has 3 aromatic rings. The lowest BCUT2D eigenvalue weighted by molar-refractivity contribution is -0.122. The lowest BCUT2D eigenvalue weighted by Crippen LogP contribution is -2.46. The van der Waals surface area contributed by atoms with Gasteiger partial charge in [-0.1, -0.05) is 65.0 Å². The first-order valence-electron chi connectivity index (χ1n) is 11.6. The quantitative estimate of drug-likeness (QED) is 0.435. The number of nitrogens with zero attached hydrogens (tertiary/aromatic N) is 4. The van der Waals surface area contributed by atoms with Gasteiger partial charge in [-0.15, -0.1) is 10.2 Å². The van der Waals surface area contributed by atoms with Crippen molar-refractivity contribution >= 4 is 23.5 Å². The Balaban J connectivity index is 1.91. The molecule has 2 heterocycles. The predicted molar refractivity (Wildman–Crippen MR) is 134 cm³/mol. The van der Waals surface area contributed by atoms with Gasteiger partial charge in [0.05, 0.1) is 19.3 Å². The van der Waals surface area contributed by atoms with Crippen molar-refractivity contribution in [1.82, 2.24) is 25.1 Å². The summed E-state index contributed by atoms with van der Waals surface area (Å²) in [6.07, 6.45) is 0.334. The number of aromatic nitrogens is 4. The van der Waals surface area contributed by atoms with Crippen LogP contribution in [0.4, 0.5) is 10.5 Å². The molecular formula is C25H30N6O6. The van der Waals surface area contributed by atoms with Crippen LogP contribution in [0.1, 0.15) is 51.2 Å². The van der Waals surface area contributed by atoms with E-state index in [-0.39, 0.29) is 23.3 Å². The van der Waals surface area contributed by atoms with Crippen molar-refractivity contribution in [2.24, 2.45) is 5.92 Å². The third-order valence-electron chi connectivity index (χ3n) is 5.35. The van der Waals surface area contributed by atoms with Crippen molar-refractivity contribution in [1.29, 1.82) is 0 Å². The normalized spacial score (nSPS) is 12.2. The topological polar surface area (TPSA) is 158 Å². The van der Waals surface area contributed by atoms with Gasteiger partial charge in [0.1, 0.15) is 18.1 Å². The van der Waals surface area contributed by atoms with Crippen LogP contribution in [0.2, 0.25) is 0 Å². The highest BCUT2D eigenvalue weighted by Crippen LogP contribution is 2.21. The molecule has 0 spiro atoms. The Morgan fingerprint density at radius 3 is 2.35 bits per heavy atom. The molecule has 12 heteroatoms. The Morgan fingerprint density at radius 1 is 1.11 bits per heavy atom. The number of ether oxygens (including phenoxy) is 1. The number of benzene rings is 1. The average molecular weight is 511 g/mol. The van der Waals surface area contributed by atoms with Crippen molar-refractivity contribution in [2.75, 3.05) is 12.4 Å². The number of hydrogen-bond donors (Lipinski definition) is 2. The SMILES string of the molecule is COC(=O)Nc1cnc(-c2ccccc2)n(CC(=O)N[C@@H](C(=O)c2nnc(C(C)(C)C)o2)C(C)C)c1=O. The van der Waals surface area contributed by atoms with Crippen LogP contribution in [0.15, 0.2) is 45.7 Å². The Kier molecular flexibility index (Phi) is 8.21. The van der Waals surface area contributed by atoms with Crippen LogP contribution >= 0.6 is 0 Å². The molecule has 37 heavy (non-hydrogen) atoms. The molecule has 0 radical (unpaired) electrons. The summed E-state index contributed by atoms with van der Waals surface area (Å²) in [5.74, 6) is -1.20. The van der Waals surface area contributed by atoms with Crippen molar-refractivity contribution in [3.63, 3.8) is 0 Å². The number of carbonyl (C=O) groups excluding carboxylic acids is 3. The largest absolute Gasteiger partial charge is 0.453 e. The molecule has 0 aliphatic heterocycles. The maximum atomic E-state index is 13.2. The average Bonchev–Trinajstić information content (AvgIpc) is 3.36. The van der Waals surface area contributed by atoms with E-state index < -0.39 is 41.3 Å². The van der Waals surface area contributed by atoms with Gasteiger partial charge in [0.2, 0.25) is 17.6 Å². The third kappa shape index (κ3) is 6.46. The minimum absolute atomic E-state index is 0.170. The van der Waals surface area contributed by atoms with Crippen molar-refractivity contribution in [3.8, 4) is 11.4 Å². The van der Waals surface area contributed by atoms with Gasteiger partial charge in [-0.3, -0.25) is 24.3 Å². The smallest absolute Gasteiger partial charge is 0.411 e. The van der Waals surface area contributed by atoms with Crippen molar-refractivity contribution in [2.45, 2.75) is 52.6 Å². The first kappa shape index (κ1) is 27.2. The molecule has 0 fully saturated rings. The van der Waals surface area contributed by atoms with Crippen LogP contribution in [0.5, 0.6) is 0 Å². The molecule has 12 nitrogen and oxygen atoms in total. The molecule has 0 aliphatic rings. The number of Topliss-reactive ketones (excluding diaryl/α,β-unsaturated/α-hetero) is 1. The molecule has 196 valence electrons. The second-order valence-corrected chi connectivity index (χ2v) is 9.69. The molecule has 0 bridgehead atoms. The van der Waals surface area contributed by atoms with E-state index in [0.29, 0.717) is 11.5 Å². The Hall–Kier alpha value is -4.35. The molecule has 2 aromatic heterocycles. The minimum Gasteiger partial charge on any atom is -0.453 e. The van der Waals surface area contributed by atoms with Gasteiger partial charge >= 0.3 is 6.09 Å². The van der Waals surface area contributed by atoms with E-state index in [1.54, 1.807) is 44.2 Å². The summed E-state index contributed by atoms with van der Waals surface area (Å²) in [4.78, 5) is 55.4. The fraction of sp³-hybridized carbons (Fsp3) is 0.400. The molecule has 0 saturated carbocycles. The summed E-state index contributed by atoms with van der Waals surface area (Å²) in [6, 6.07) is 7.79. The van der Waals surface area contributed by atoms with Crippen LogP contribution in [0.3, 0.4) is 0 Å². The number of methoxy groups -OCH3 is 1. The predicted octanol–water partition coefficient (Wildman–Crippen LogP) is 2.79. The van der Waals surface area contributed by atoms with E-state index >= 15 is 0 Å². The minimum atomic E-state index is -0.985. The highest BCUT2D eigenvalue weighted by molar-refractivity contribution is 5.98. The molecule has 3 rings (SSSR count). The van der Waals surface area contributed by atoms with Crippen molar-refractivity contribution < 1.29 is 23.5 Å². The summed E-state index contributed by atoms with van der Waals surface area (Å²) in [7, 11) is 1.16. The fourth-order valence-corrected chi connectivity index (χ4v) is 3.36. The van der Waals surface area contributed by atoms with E-state index in [0.717, 1.165) is 11.7 Å². The van der Waals surface area contributed by atoms with E-state index in [1.807, 2.05) is 20.8 Å². The van der Waals surface area contributed by atoms with Gasteiger partial charge in [-0.25, -0.2) is 9.78 Å². The standard InChI is InChI=1S/C25H30N6O6/c1-14(2)18(19(33)21-29-30-23(37-21)25(3,4)5)28-17(32)13-31-20(15-10-8-7-9-11-15)26-12-16(22(31)34)27-24(35)36-6/h7-12,14,18H,13H2,1-6H3,(H,27,35)(H,28,32)/t18-/m1/s1. The number of rotatable bonds is 8. The number of hydrogen-bond acceptors (Lipinski definition) is 9. The van der Waals surface area contributed by atoms with Crippen LogP contribution in [-0.4, -0.2) is 50.7 Å². The van der Waals surface area contributed by atoms with Crippen LogP contribution in [0, 0.1) is 5.92 Å². The summed E-state index contributed by atoms with van der Waals surface area (Å²) >= 11 is 0. The van der Waals surface area contributed by atoms with Gasteiger partial charge in [-0.05, 0) is 5.92 Å². The van der Waals surface area contributed by atoms with Crippen molar-refractivity contribution in [3.05, 3.63) is 58.7 Å². The molecule has 2 amide bonds. The van der Waals surface area contributed by atoms with E-state index in [9.17, 15) is 19.2 Å². The number of amides is 2. The zero-order valence-electron chi connectivity index (χ0n) is 21.6. The maximum Gasteiger partial charge on any atom is 0.411 e. The summed E-state index contributed by atoms with van der Waals surface area (Å²) in [5.41, 5.74) is -0.716. The molecule has 0 aliphatic carbocycles. The second kappa shape index (κ2) is 11.1. The Labute approximate surface area is 213 Å². The Bertz CT molecular complexity index is 1340. The number of nitrogens with one attached hydrogen (secondary N) is 2. The lowest BCUT2D eigenvalue weighted by Gasteiger charge is -2.21. The molecule has 0 saturated heterocycles. The Morgan fingerprint density at radius 2 is 1.78 bits per heavy atom. The van der Waals surface area contributed by atoms with E-state index in [4.69, 9.17) is 4.42 Å². The van der Waals surface area contributed by atoms with Crippen LogP contribution in [-0.2, 0) is 21.5 Å². The van der Waals surface area contributed by atoms with Gasteiger partial charge in [0.15, 0.2) is 0 Å². The fourth-order valence-electron chi connectivity index (χ4n) is 3.36. The van der Waals surface area contributed by atoms with Gasteiger partial charge in [-0.2, -0.15) is 0 Å². The van der Waals surface area contributed by atoms with Crippen LogP contribution < -0.4 is 16.2 Å². The molecule has 1 aromatic carbocycles. The maximum absolute atomic E-state index is 13.2. The second-order valence-electron chi connectivity index (χ2n) is 9.69. The van der Waals surface area contributed by atoms with Crippen LogP contribution in [0.25, 0.3) is 11.4 Å². The summed E-state index contributed by atoms with van der Waals surface area (Å²) < 4.78 is 11.2. The highest BCUT2D eigenvalue weighted by Gasteiger charge is 2.31. The number of carbonyl (C=O) groups is 3. The van der Waals surface area contributed by atoms with Gasteiger partial charge < -0.3 is 14.5 Å². The zero-order chi connectivity index (χ0) is 27.3. The number of anilines is 1. The van der Waals surface area contributed by atoms with Gasteiger partial charge in [0, 0.05) is 11.0 Å². The summed E-state index contributed by atoms with van der Waals surface area (Å²) in [6.45, 7) is 8.66. The van der Waals surface area contributed by atoms with E-state index in [1.165, 1.54) is 6.20 Å². The first-order valence-corrected chi connectivity index (χ1v) is 11.6. The van der Waals surface area contributed by atoms with E-state index in [2.05, 4.69) is 30.6 Å². The van der Waals surface area contributed by atoms with Gasteiger partial charge in [0.25, 0.3) is 11.4 Å².